The number of thioether (sulfide) groups is 1. The highest BCUT2D eigenvalue weighted by Crippen LogP contribution is 2.41. The molecule has 6 nitrogen and oxygen atoms in total. The zero-order valence-corrected chi connectivity index (χ0v) is 19.5. The van der Waals surface area contributed by atoms with E-state index >= 15 is 0 Å². The van der Waals surface area contributed by atoms with E-state index in [1.54, 1.807) is 6.07 Å². The summed E-state index contributed by atoms with van der Waals surface area (Å²) in [5, 5.41) is 18.8. The number of nitrogens with one attached hydrogen (secondary N) is 3. The molecule has 0 aliphatic carbocycles. The predicted octanol–water partition coefficient (Wildman–Crippen LogP) is 5.88. The van der Waals surface area contributed by atoms with Crippen molar-refractivity contribution in [2.45, 2.75) is 29.4 Å². The first kappa shape index (κ1) is 23.4. The Labute approximate surface area is 203 Å². The molecule has 1 amide bonds. The minimum Gasteiger partial charge on any atom is -0.481 e. The van der Waals surface area contributed by atoms with Gasteiger partial charge < -0.3 is 21.1 Å². The zero-order valence-electron chi connectivity index (χ0n) is 18.7. The van der Waals surface area contributed by atoms with E-state index in [-0.39, 0.29) is 17.6 Å². The molecule has 3 aromatic rings. The fourth-order valence-electron chi connectivity index (χ4n) is 3.71. The Balaban J connectivity index is 1.50. The van der Waals surface area contributed by atoms with E-state index in [9.17, 15) is 14.7 Å². The van der Waals surface area contributed by atoms with Crippen molar-refractivity contribution in [3.8, 4) is 0 Å². The number of allylic oxidation sites excluding steroid dienone is 1. The van der Waals surface area contributed by atoms with Gasteiger partial charge in [-0.1, -0.05) is 48.5 Å². The van der Waals surface area contributed by atoms with Crippen LogP contribution in [0.1, 0.15) is 40.4 Å². The third kappa shape index (κ3) is 6.42. The molecule has 0 radical (unpaired) electrons. The molecular formula is C27H27N3O3S. The highest BCUT2D eigenvalue weighted by atomic mass is 32.2. The number of rotatable bonds is 9. The molecule has 174 valence electrons. The minimum atomic E-state index is -0.866. The molecule has 0 bridgehead atoms. The zero-order chi connectivity index (χ0) is 23.8. The summed E-state index contributed by atoms with van der Waals surface area (Å²) in [6.45, 7) is 0.930. The van der Waals surface area contributed by atoms with Gasteiger partial charge in [-0.25, -0.2) is 0 Å². The first-order chi connectivity index (χ1) is 16.6. The van der Waals surface area contributed by atoms with E-state index in [0.29, 0.717) is 11.3 Å². The lowest BCUT2D eigenvalue weighted by molar-refractivity contribution is -0.137. The lowest BCUT2D eigenvalue weighted by Gasteiger charge is -2.18. The Morgan fingerprint density at radius 3 is 2.56 bits per heavy atom. The molecule has 34 heavy (non-hydrogen) atoms. The summed E-state index contributed by atoms with van der Waals surface area (Å²) >= 11 is 1.44. The van der Waals surface area contributed by atoms with Gasteiger partial charge in [0.2, 0.25) is 0 Å². The van der Waals surface area contributed by atoms with Crippen LogP contribution in [0.2, 0.25) is 0 Å². The number of aliphatic carboxylic acids is 1. The largest absolute Gasteiger partial charge is 0.481 e. The molecule has 0 fully saturated rings. The smallest absolute Gasteiger partial charge is 0.304 e. The highest BCUT2D eigenvalue weighted by molar-refractivity contribution is 7.99. The molecule has 3 aromatic carbocycles. The summed E-state index contributed by atoms with van der Waals surface area (Å²) in [5.74, 6) is -0.137. The van der Waals surface area contributed by atoms with Crippen LogP contribution in [-0.4, -0.2) is 23.5 Å². The summed E-state index contributed by atoms with van der Waals surface area (Å²) in [6, 6.07) is 24.4. The number of hydrogen-bond acceptors (Lipinski definition) is 5. The molecule has 1 aliphatic rings. The van der Waals surface area contributed by atoms with Crippen LogP contribution >= 0.6 is 11.8 Å². The van der Waals surface area contributed by atoms with Crippen molar-refractivity contribution in [1.82, 2.24) is 5.32 Å². The number of carboxylic acid groups (broad SMARTS) is 1. The standard InChI is InChI=1S/C27H27N3O3S/c31-26(32)18-24(19-9-2-1-3-10-19)34-23-14-5-4-13-22(23)30-27(33)20-11-8-12-21(17-20)29-25-15-6-7-16-28-25/h1-5,8-15,17,24,28-29H,6-7,16,18H2,(H,30,33)(H,31,32). The van der Waals surface area contributed by atoms with Crippen molar-refractivity contribution in [1.29, 1.82) is 0 Å². The third-order valence-corrected chi connectivity index (χ3v) is 6.72. The Bertz CT molecular complexity index is 1180. The molecule has 7 heteroatoms. The van der Waals surface area contributed by atoms with Crippen molar-refractivity contribution >= 4 is 35.0 Å². The number of benzene rings is 3. The van der Waals surface area contributed by atoms with E-state index in [4.69, 9.17) is 0 Å². The summed E-state index contributed by atoms with van der Waals surface area (Å²) in [5.41, 5.74) is 2.95. The maximum Gasteiger partial charge on any atom is 0.304 e. The maximum atomic E-state index is 13.1. The maximum absolute atomic E-state index is 13.1. The second-order valence-electron chi connectivity index (χ2n) is 7.96. The van der Waals surface area contributed by atoms with Gasteiger partial charge in [-0.15, -0.1) is 11.8 Å². The Kier molecular flexibility index (Phi) is 7.88. The summed E-state index contributed by atoms with van der Waals surface area (Å²) in [6.07, 6.45) is 4.23. The Hall–Kier alpha value is -3.71. The summed E-state index contributed by atoms with van der Waals surface area (Å²) in [4.78, 5) is 25.4. The number of amides is 1. The van der Waals surface area contributed by atoms with Crippen LogP contribution in [-0.2, 0) is 4.79 Å². The second kappa shape index (κ2) is 11.4. The van der Waals surface area contributed by atoms with E-state index in [1.807, 2.05) is 72.8 Å². The van der Waals surface area contributed by atoms with Gasteiger partial charge in [0.05, 0.1) is 17.9 Å². The minimum absolute atomic E-state index is 0.0193. The van der Waals surface area contributed by atoms with Crippen LogP contribution < -0.4 is 16.0 Å². The van der Waals surface area contributed by atoms with Gasteiger partial charge in [0, 0.05) is 27.9 Å². The van der Waals surface area contributed by atoms with Crippen LogP contribution in [0.25, 0.3) is 0 Å². The van der Waals surface area contributed by atoms with E-state index in [2.05, 4.69) is 22.0 Å². The van der Waals surface area contributed by atoms with Crippen LogP contribution in [0.3, 0.4) is 0 Å². The van der Waals surface area contributed by atoms with Gasteiger partial charge in [0.1, 0.15) is 0 Å². The number of anilines is 2. The van der Waals surface area contributed by atoms with E-state index in [1.165, 1.54) is 11.8 Å². The molecule has 0 spiro atoms. The first-order valence-corrected chi connectivity index (χ1v) is 12.1. The number of carboxylic acids is 1. The molecule has 1 atom stereocenters. The van der Waals surface area contributed by atoms with Gasteiger partial charge in [-0.3, -0.25) is 9.59 Å². The number of para-hydroxylation sites is 1. The average molecular weight is 474 g/mol. The average Bonchev–Trinajstić information content (AvgIpc) is 2.86. The summed E-state index contributed by atoms with van der Waals surface area (Å²) < 4.78 is 0. The van der Waals surface area contributed by atoms with Crippen molar-refractivity contribution in [2.24, 2.45) is 0 Å². The monoisotopic (exact) mass is 473 g/mol. The van der Waals surface area contributed by atoms with Gasteiger partial charge in [-0.05, 0) is 54.8 Å². The predicted molar refractivity (Wildman–Crippen MR) is 137 cm³/mol. The molecule has 1 aliphatic heterocycles. The molecular weight excluding hydrogens is 446 g/mol. The van der Waals surface area contributed by atoms with E-state index in [0.717, 1.165) is 41.4 Å². The number of carbonyl (C=O) groups excluding carboxylic acids is 1. The second-order valence-corrected chi connectivity index (χ2v) is 9.20. The molecule has 4 N–H and O–H groups in total. The van der Waals surface area contributed by atoms with Gasteiger partial charge in [0.25, 0.3) is 5.91 Å². The van der Waals surface area contributed by atoms with Gasteiger partial charge in [-0.2, -0.15) is 0 Å². The fourth-order valence-corrected chi connectivity index (χ4v) is 4.94. The van der Waals surface area contributed by atoms with Crippen molar-refractivity contribution in [2.75, 3.05) is 17.2 Å². The lowest BCUT2D eigenvalue weighted by Crippen LogP contribution is -2.24. The normalized spacial score (nSPS) is 13.8. The SMILES string of the molecule is O=C(O)CC(Sc1ccccc1NC(=O)c1cccc(NC2=CCCCN2)c1)c1ccccc1. The van der Waals surface area contributed by atoms with E-state index < -0.39 is 5.97 Å². The van der Waals surface area contributed by atoms with Crippen molar-refractivity contribution in [3.63, 3.8) is 0 Å². The fraction of sp³-hybridized carbons (Fsp3) is 0.185. The number of carbonyl (C=O) groups is 2. The van der Waals surface area contributed by atoms with Crippen LogP contribution in [0.15, 0.2) is 95.7 Å². The molecule has 1 unspecified atom stereocenters. The van der Waals surface area contributed by atoms with Crippen molar-refractivity contribution in [3.05, 3.63) is 102 Å². The molecule has 4 rings (SSSR count). The van der Waals surface area contributed by atoms with Crippen LogP contribution in [0.5, 0.6) is 0 Å². The first-order valence-electron chi connectivity index (χ1n) is 11.2. The Morgan fingerprint density at radius 2 is 1.79 bits per heavy atom. The van der Waals surface area contributed by atoms with Crippen LogP contribution in [0.4, 0.5) is 11.4 Å². The van der Waals surface area contributed by atoms with Gasteiger partial charge >= 0.3 is 5.97 Å². The highest BCUT2D eigenvalue weighted by Gasteiger charge is 2.19. The third-order valence-electron chi connectivity index (χ3n) is 5.38. The molecule has 0 saturated carbocycles. The molecule has 0 aromatic heterocycles. The Morgan fingerprint density at radius 1 is 1.00 bits per heavy atom. The molecule has 0 saturated heterocycles. The molecule has 1 heterocycles. The number of hydrogen-bond donors (Lipinski definition) is 4. The quantitative estimate of drug-likeness (QED) is 0.290. The van der Waals surface area contributed by atoms with Crippen molar-refractivity contribution < 1.29 is 14.7 Å². The summed E-state index contributed by atoms with van der Waals surface area (Å²) in [7, 11) is 0. The van der Waals surface area contributed by atoms with Gasteiger partial charge in [0.15, 0.2) is 0 Å². The lowest BCUT2D eigenvalue weighted by atomic mass is 10.1. The van der Waals surface area contributed by atoms with Crippen LogP contribution in [0, 0.1) is 0 Å². The topological polar surface area (TPSA) is 90.5 Å².